The Labute approximate surface area is 90.6 Å². The lowest BCUT2D eigenvalue weighted by Crippen LogP contribution is -2.32. The van der Waals surface area contributed by atoms with Crippen LogP contribution in [0.1, 0.15) is 25.0 Å². The van der Waals surface area contributed by atoms with Crippen LogP contribution in [-0.2, 0) is 11.8 Å². The van der Waals surface area contributed by atoms with Gasteiger partial charge in [0.1, 0.15) is 5.75 Å². The predicted octanol–water partition coefficient (Wildman–Crippen LogP) is 1.87. The van der Waals surface area contributed by atoms with E-state index in [9.17, 15) is 0 Å². The van der Waals surface area contributed by atoms with Crippen LogP contribution >= 0.6 is 0 Å². The van der Waals surface area contributed by atoms with Crippen LogP contribution in [0.3, 0.4) is 0 Å². The average Bonchev–Trinajstić information content (AvgIpc) is 2.98. The largest absolute Gasteiger partial charge is 0.497 e. The summed E-state index contributed by atoms with van der Waals surface area (Å²) in [5.41, 5.74) is 3.17. The lowest BCUT2D eigenvalue weighted by molar-refractivity contribution is 0.409. The molecule has 2 atom stereocenters. The van der Waals surface area contributed by atoms with Crippen molar-refractivity contribution in [2.45, 2.75) is 37.8 Å². The summed E-state index contributed by atoms with van der Waals surface area (Å²) in [6.45, 7) is 4.64. The molecule has 0 amide bonds. The summed E-state index contributed by atoms with van der Waals surface area (Å²) in [5.74, 6) is 0.973. The molecule has 2 nitrogen and oxygen atoms in total. The highest BCUT2D eigenvalue weighted by atomic mass is 16.5. The van der Waals surface area contributed by atoms with E-state index in [0.29, 0.717) is 12.1 Å². The van der Waals surface area contributed by atoms with Crippen molar-refractivity contribution < 1.29 is 4.74 Å². The number of hydrogen-bond donors (Lipinski definition) is 1. The fourth-order valence-electron chi connectivity index (χ4n) is 2.93. The van der Waals surface area contributed by atoms with E-state index < -0.39 is 0 Å². The van der Waals surface area contributed by atoms with Crippen molar-refractivity contribution in [3.8, 4) is 5.75 Å². The molecule has 1 heterocycles. The Morgan fingerprint density at radius 1 is 1.40 bits per heavy atom. The maximum atomic E-state index is 5.30. The Bertz CT molecular complexity index is 411. The molecule has 3 rings (SSSR count). The summed E-state index contributed by atoms with van der Waals surface area (Å²) < 4.78 is 5.30. The predicted molar refractivity (Wildman–Crippen MR) is 60.4 cm³/mol. The molecule has 2 heteroatoms. The van der Waals surface area contributed by atoms with Crippen LogP contribution in [0.15, 0.2) is 18.2 Å². The number of methoxy groups -OCH3 is 1. The Morgan fingerprint density at radius 2 is 2.20 bits per heavy atom. The Kier molecular flexibility index (Phi) is 1.70. The smallest absolute Gasteiger partial charge is 0.119 e. The van der Waals surface area contributed by atoms with Gasteiger partial charge in [-0.1, -0.05) is 19.9 Å². The normalized spacial score (nSPS) is 30.3. The quantitative estimate of drug-likeness (QED) is 0.706. The van der Waals surface area contributed by atoms with E-state index in [2.05, 4.69) is 37.4 Å². The van der Waals surface area contributed by atoms with Gasteiger partial charge in [0.2, 0.25) is 0 Å². The van der Waals surface area contributed by atoms with Crippen LogP contribution in [0, 0.1) is 0 Å². The van der Waals surface area contributed by atoms with Gasteiger partial charge in [0, 0.05) is 17.5 Å². The van der Waals surface area contributed by atoms with Crippen molar-refractivity contribution in [3.05, 3.63) is 29.3 Å². The van der Waals surface area contributed by atoms with E-state index in [0.717, 1.165) is 5.75 Å². The first-order valence-corrected chi connectivity index (χ1v) is 5.56. The number of hydrogen-bond acceptors (Lipinski definition) is 2. The number of fused-ring (bicyclic) bond motifs is 2. The lowest BCUT2D eigenvalue weighted by Gasteiger charge is -2.31. The van der Waals surface area contributed by atoms with Crippen molar-refractivity contribution in [2.24, 2.45) is 0 Å². The third-order valence-corrected chi connectivity index (χ3v) is 3.92. The number of rotatable bonds is 1. The standard InChI is InChI=1S/C13H17NO/c1-13(2)10-7-9(15-3)5-4-8(10)6-11-12(13)14-11/h4-5,7,11-12,14H,6H2,1-3H3/t11-,12+/m1/s1. The molecule has 0 spiro atoms. The third-order valence-electron chi connectivity index (χ3n) is 3.92. The molecule has 15 heavy (non-hydrogen) atoms. The Balaban J connectivity index is 2.12. The van der Waals surface area contributed by atoms with Crippen LogP contribution in [0.25, 0.3) is 0 Å². The van der Waals surface area contributed by atoms with Gasteiger partial charge in [0.05, 0.1) is 7.11 Å². The summed E-state index contributed by atoms with van der Waals surface area (Å²) in [5, 5.41) is 3.56. The van der Waals surface area contributed by atoms with Crippen molar-refractivity contribution in [3.63, 3.8) is 0 Å². The van der Waals surface area contributed by atoms with E-state index in [1.165, 1.54) is 17.5 Å². The molecule has 80 valence electrons. The van der Waals surface area contributed by atoms with Crippen LogP contribution < -0.4 is 10.1 Å². The van der Waals surface area contributed by atoms with Gasteiger partial charge >= 0.3 is 0 Å². The molecule has 0 unspecified atom stereocenters. The molecule has 1 N–H and O–H groups in total. The molecular weight excluding hydrogens is 186 g/mol. The van der Waals surface area contributed by atoms with Gasteiger partial charge in [-0.25, -0.2) is 0 Å². The van der Waals surface area contributed by atoms with E-state index >= 15 is 0 Å². The van der Waals surface area contributed by atoms with Gasteiger partial charge in [-0.15, -0.1) is 0 Å². The highest BCUT2D eigenvalue weighted by Gasteiger charge is 2.51. The number of ether oxygens (including phenoxy) is 1. The van der Waals surface area contributed by atoms with E-state index in [4.69, 9.17) is 4.74 Å². The molecule has 1 aliphatic carbocycles. The average molecular weight is 203 g/mol. The molecular formula is C13H17NO. The van der Waals surface area contributed by atoms with Crippen LogP contribution in [0.4, 0.5) is 0 Å². The second kappa shape index (κ2) is 2.76. The summed E-state index contributed by atoms with van der Waals surface area (Å²) in [6.07, 6.45) is 1.17. The molecule has 0 bridgehead atoms. The first-order chi connectivity index (χ1) is 7.13. The maximum Gasteiger partial charge on any atom is 0.119 e. The second-order valence-corrected chi connectivity index (χ2v) is 5.20. The third kappa shape index (κ3) is 1.21. The molecule has 2 aliphatic rings. The fraction of sp³-hybridized carbons (Fsp3) is 0.538. The first-order valence-electron chi connectivity index (χ1n) is 5.56. The van der Waals surface area contributed by atoms with Crippen molar-refractivity contribution in [1.29, 1.82) is 0 Å². The zero-order valence-electron chi connectivity index (χ0n) is 9.50. The minimum Gasteiger partial charge on any atom is -0.497 e. The van der Waals surface area contributed by atoms with Gasteiger partial charge in [-0.3, -0.25) is 0 Å². The summed E-state index contributed by atoms with van der Waals surface area (Å²) in [7, 11) is 1.73. The molecule has 1 aliphatic heterocycles. The lowest BCUT2D eigenvalue weighted by atomic mass is 9.72. The molecule has 1 aromatic rings. The van der Waals surface area contributed by atoms with Crippen LogP contribution in [0.2, 0.25) is 0 Å². The highest BCUT2D eigenvalue weighted by molar-refractivity contribution is 5.46. The van der Waals surface area contributed by atoms with Crippen molar-refractivity contribution in [1.82, 2.24) is 5.32 Å². The zero-order valence-corrected chi connectivity index (χ0v) is 9.50. The summed E-state index contributed by atoms with van der Waals surface area (Å²) >= 11 is 0. The monoisotopic (exact) mass is 203 g/mol. The van der Waals surface area contributed by atoms with Gasteiger partial charge in [0.25, 0.3) is 0 Å². The molecule has 0 saturated carbocycles. The summed E-state index contributed by atoms with van der Waals surface area (Å²) in [4.78, 5) is 0. The Morgan fingerprint density at radius 3 is 2.93 bits per heavy atom. The zero-order chi connectivity index (χ0) is 10.6. The van der Waals surface area contributed by atoms with E-state index in [1.54, 1.807) is 7.11 Å². The molecule has 1 saturated heterocycles. The number of nitrogens with one attached hydrogen (secondary N) is 1. The molecule has 0 aromatic heterocycles. The topological polar surface area (TPSA) is 31.2 Å². The van der Waals surface area contributed by atoms with Crippen LogP contribution in [-0.4, -0.2) is 19.2 Å². The molecule has 0 radical (unpaired) electrons. The molecule has 1 aromatic carbocycles. The SMILES string of the molecule is COc1ccc2c(c1)C(C)(C)[C@H]1N[C@@H]1C2. The second-order valence-electron chi connectivity index (χ2n) is 5.20. The van der Waals surface area contributed by atoms with Crippen molar-refractivity contribution in [2.75, 3.05) is 7.11 Å². The highest BCUT2D eigenvalue weighted by Crippen LogP contribution is 2.44. The number of benzene rings is 1. The molecule has 1 fully saturated rings. The van der Waals surface area contributed by atoms with Gasteiger partial charge in [-0.05, 0) is 29.7 Å². The minimum atomic E-state index is 0.243. The van der Waals surface area contributed by atoms with Crippen molar-refractivity contribution >= 4 is 0 Å². The minimum absolute atomic E-state index is 0.243. The van der Waals surface area contributed by atoms with Gasteiger partial charge in [0.15, 0.2) is 0 Å². The Hall–Kier alpha value is -1.02. The van der Waals surface area contributed by atoms with E-state index in [1.807, 2.05) is 0 Å². The fourth-order valence-corrected chi connectivity index (χ4v) is 2.93. The first kappa shape index (κ1) is 9.22. The summed E-state index contributed by atoms with van der Waals surface area (Å²) in [6, 6.07) is 7.85. The van der Waals surface area contributed by atoms with Gasteiger partial charge in [-0.2, -0.15) is 0 Å². The van der Waals surface area contributed by atoms with Gasteiger partial charge < -0.3 is 10.1 Å². The maximum absolute atomic E-state index is 5.30. The van der Waals surface area contributed by atoms with Crippen LogP contribution in [0.5, 0.6) is 5.75 Å². The van der Waals surface area contributed by atoms with E-state index in [-0.39, 0.29) is 5.41 Å².